The third-order valence-electron chi connectivity index (χ3n) is 8.03. The molecule has 0 N–H and O–H groups in total. The molecule has 0 fully saturated rings. The first-order chi connectivity index (χ1) is 20.1. The van der Waals surface area contributed by atoms with Crippen LogP contribution in [0.4, 0.5) is 5.69 Å². The molecule has 0 unspecified atom stereocenters. The zero-order valence-electron chi connectivity index (χ0n) is 26.3. The van der Waals surface area contributed by atoms with E-state index in [1.165, 1.54) is 5.57 Å². The topological polar surface area (TPSA) is 28.7 Å². The van der Waals surface area contributed by atoms with Crippen molar-refractivity contribution in [1.29, 1.82) is 0 Å². The van der Waals surface area contributed by atoms with Crippen LogP contribution in [0.3, 0.4) is 0 Å². The van der Waals surface area contributed by atoms with Crippen molar-refractivity contribution in [2.75, 3.05) is 18.0 Å². The van der Waals surface area contributed by atoms with Gasteiger partial charge in [-0.2, -0.15) is 0 Å². The largest absolute Gasteiger partial charge is 0.456 e. The molecule has 0 bridgehead atoms. The number of rotatable bonds is 4. The highest BCUT2D eigenvalue weighted by Gasteiger charge is 2.32. The van der Waals surface area contributed by atoms with Crippen LogP contribution in [0.2, 0.25) is 20.1 Å². The maximum atomic E-state index is 6.98. The second-order valence-electron chi connectivity index (χ2n) is 12.9. The highest BCUT2D eigenvalue weighted by atomic mass is 35.5. The van der Waals surface area contributed by atoms with E-state index in [0.29, 0.717) is 27.9 Å². The first-order valence-electron chi connectivity index (χ1n) is 14.7. The van der Waals surface area contributed by atoms with Crippen molar-refractivity contribution in [2.45, 2.75) is 67.9 Å². The van der Waals surface area contributed by atoms with E-state index in [0.717, 1.165) is 56.4 Å². The van der Waals surface area contributed by atoms with Crippen molar-refractivity contribution in [3.8, 4) is 22.5 Å². The van der Waals surface area contributed by atoms with Gasteiger partial charge in [-0.3, -0.25) is 4.99 Å². The average Bonchev–Trinajstić information content (AvgIpc) is 2.90. The molecule has 43 heavy (non-hydrogen) atoms. The second-order valence-corrected chi connectivity index (χ2v) is 14.5. The summed E-state index contributed by atoms with van der Waals surface area (Å²) in [4.78, 5) is 7.27. The lowest BCUT2D eigenvalue weighted by atomic mass is 9.85. The van der Waals surface area contributed by atoms with E-state index in [2.05, 4.69) is 90.6 Å². The molecule has 0 spiro atoms. The minimum absolute atomic E-state index is 0.0124. The number of halogens is 4. The first kappa shape index (κ1) is 32.0. The average molecular weight is 657 g/mol. The fourth-order valence-electron chi connectivity index (χ4n) is 6.46. The van der Waals surface area contributed by atoms with Crippen LogP contribution >= 0.6 is 46.4 Å². The molecule has 5 rings (SSSR count). The van der Waals surface area contributed by atoms with Gasteiger partial charge in [0.25, 0.3) is 0 Å². The molecule has 2 heterocycles. The Kier molecular flexibility index (Phi) is 8.55. The van der Waals surface area contributed by atoms with Crippen LogP contribution in [0.1, 0.15) is 73.4 Å². The van der Waals surface area contributed by atoms with Crippen molar-refractivity contribution in [1.82, 2.24) is 0 Å². The van der Waals surface area contributed by atoms with Gasteiger partial charge in [0, 0.05) is 64.1 Å². The monoisotopic (exact) mass is 654 g/mol. The van der Waals surface area contributed by atoms with Gasteiger partial charge in [-0.15, -0.1) is 0 Å². The van der Waals surface area contributed by atoms with Gasteiger partial charge in [0.15, 0.2) is 0 Å². The Labute approximate surface area is 275 Å². The summed E-state index contributed by atoms with van der Waals surface area (Å²) in [7, 11) is 0. The van der Waals surface area contributed by atoms with Crippen LogP contribution < -0.4 is 10.3 Å². The second kappa shape index (κ2) is 11.5. The third-order valence-corrected chi connectivity index (χ3v) is 9.78. The summed E-state index contributed by atoms with van der Waals surface area (Å²) in [5, 5.41) is 2.93. The number of anilines is 1. The molecule has 226 valence electrons. The molecule has 0 saturated heterocycles. The number of benzene rings is 3. The van der Waals surface area contributed by atoms with Gasteiger partial charge in [-0.25, -0.2) is 0 Å². The van der Waals surface area contributed by atoms with Gasteiger partial charge < -0.3 is 9.32 Å². The van der Waals surface area contributed by atoms with Crippen molar-refractivity contribution < 1.29 is 4.42 Å². The van der Waals surface area contributed by atoms with Crippen molar-refractivity contribution >= 4 is 74.2 Å². The summed E-state index contributed by atoms with van der Waals surface area (Å²) >= 11 is 26.7. The number of likely N-dealkylation sites (N-methyl/N-ethyl adjacent to an activating group) is 1. The minimum Gasteiger partial charge on any atom is -0.456 e. The molecule has 7 heteroatoms. The Balaban J connectivity index is 2.01. The Hall–Kier alpha value is -2.43. The molecule has 2 aromatic rings. The van der Waals surface area contributed by atoms with Gasteiger partial charge in [0.05, 0.1) is 31.0 Å². The smallest absolute Gasteiger partial charge is 0.137 e. The van der Waals surface area contributed by atoms with Crippen LogP contribution in [0.5, 0.6) is 0 Å². The van der Waals surface area contributed by atoms with Crippen LogP contribution in [0, 0.1) is 5.41 Å². The first-order valence-corrected chi connectivity index (χ1v) is 16.2. The van der Waals surface area contributed by atoms with Crippen LogP contribution in [-0.4, -0.2) is 18.6 Å². The number of allylic oxidation sites excluding steroid dienone is 3. The van der Waals surface area contributed by atoms with Gasteiger partial charge in [-0.1, -0.05) is 79.3 Å². The Morgan fingerprint density at radius 1 is 0.930 bits per heavy atom. The van der Waals surface area contributed by atoms with Crippen LogP contribution in [0.15, 0.2) is 51.9 Å². The normalized spacial score (nSPS) is 15.8. The van der Waals surface area contributed by atoms with E-state index < -0.39 is 0 Å². The molecule has 0 saturated carbocycles. The Morgan fingerprint density at radius 3 is 2.26 bits per heavy atom. The van der Waals surface area contributed by atoms with Gasteiger partial charge in [-0.05, 0) is 76.3 Å². The van der Waals surface area contributed by atoms with E-state index in [4.69, 9.17) is 55.8 Å². The SMILES string of the molecule is CCN=c1cc2oc3cc4c(cc3c(-c3cc(Cl)c(Cl)c(Cl)c3Cl)c-2cc1/C(C)=C\C(C)(C)C)C(C)=CC(C)(C)N4CC. The zero-order chi connectivity index (χ0) is 31.6. The summed E-state index contributed by atoms with van der Waals surface area (Å²) in [6, 6.07) is 10.4. The summed E-state index contributed by atoms with van der Waals surface area (Å²) in [6.07, 6.45) is 4.60. The Bertz CT molecular complexity index is 1870. The fraction of sp³-hybridized carbons (Fsp3) is 0.361. The molecular formula is C36H38Cl4N2O. The summed E-state index contributed by atoms with van der Waals surface area (Å²) in [5.74, 6) is 0.700. The van der Waals surface area contributed by atoms with Crippen molar-refractivity contribution in [3.63, 3.8) is 0 Å². The zero-order valence-corrected chi connectivity index (χ0v) is 29.3. The fourth-order valence-corrected chi connectivity index (χ4v) is 7.36. The summed E-state index contributed by atoms with van der Waals surface area (Å²) in [6.45, 7) is 21.1. The molecule has 0 atom stereocenters. The number of fused-ring (bicyclic) bond motifs is 3. The van der Waals surface area contributed by atoms with E-state index in [-0.39, 0.29) is 21.0 Å². The van der Waals surface area contributed by atoms with Crippen molar-refractivity contribution in [2.24, 2.45) is 10.4 Å². The summed E-state index contributed by atoms with van der Waals surface area (Å²) < 4.78 is 6.76. The number of hydrogen-bond acceptors (Lipinski definition) is 3. The minimum atomic E-state index is -0.140. The highest BCUT2D eigenvalue weighted by molar-refractivity contribution is 6.53. The van der Waals surface area contributed by atoms with E-state index in [9.17, 15) is 0 Å². The third kappa shape index (κ3) is 5.75. The number of nitrogens with zero attached hydrogens (tertiary/aromatic N) is 2. The molecule has 3 nitrogen and oxygen atoms in total. The maximum absolute atomic E-state index is 6.98. The molecule has 3 aliphatic rings. The van der Waals surface area contributed by atoms with Crippen molar-refractivity contribution in [3.05, 3.63) is 79.1 Å². The lowest BCUT2D eigenvalue weighted by Crippen LogP contribution is -2.44. The lowest BCUT2D eigenvalue weighted by molar-refractivity contribution is 0.545. The molecule has 2 aliphatic heterocycles. The van der Waals surface area contributed by atoms with E-state index in [1.807, 2.05) is 13.0 Å². The predicted octanol–water partition coefficient (Wildman–Crippen LogP) is 12.2. The molecule has 2 aromatic carbocycles. The molecule has 0 amide bonds. The van der Waals surface area contributed by atoms with Crippen LogP contribution in [0.25, 0.3) is 44.6 Å². The summed E-state index contributed by atoms with van der Waals surface area (Å²) in [5.41, 5.74) is 8.71. The quantitative estimate of drug-likeness (QED) is 0.124. The van der Waals surface area contributed by atoms with Gasteiger partial charge >= 0.3 is 0 Å². The van der Waals surface area contributed by atoms with Gasteiger partial charge in [0.2, 0.25) is 0 Å². The lowest BCUT2D eigenvalue weighted by Gasteiger charge is -2.43. The maximum Gasteiger partial charge on any atom is 0.137 e. The van der Waals surface area contributed by atoms with E-state index >= 15 is 0 Å². The number of hydrogen-bond donors (Lipinski definition) is 0. The molecule has 0 radical (unpaired) electrons. The Morgan fingerprint density at radius 2 is 1.63 bits per heavy atom. The van der Waals surface area contributed by atoms with Gasteiger partial charge in [0.1, 0.15) is 11.3 Å². The van der Waals surface area contributed by atoms with Crippen LogP contribution in [-0.2, 0) is 0 Å². The highest BCUT2D eigenvalue weighted by Crippen LogP contribution is 2.50. The molecule has 1 aliphatic carbocycles. The molecule has 0 aromatic heterocycles. The predicted molar refractivity (Wildman–Crippen MR) is 188 cm³/mol. The van der Waals surface area contributed by atoms with E-state index in [1.54, 1.807) is 6.07 Å². The standard InChI is InChI=1S/C36H38Cl4N2O/c1-10-41-27-15-29-23(12-21(27)19(3)17-35(5,6)7)31(25-14-26(37)33(39)34(40)32(25)38)24-13-22-20(4)18-36(8,9)42(11-2)28(22)16-30(24)43-29/h12-18H,10-11H2,1-9H3/b19-17-,41-27?. The molecular weight excluding hydrogens is 618 g/mol.